The van der Waals surface area contributed by atoms with Crippen molar-refractivity contribution in [2.75, 3.05) is 6.61 Å². The summed E-state index contributed by atoms with van der Waals surface area (Å²) in [5.74, 6) is -0.273. The van der Waals surface area contributed by atoms with Crippen LogP contribution in [-0.2, 0) is 0 Å². The highest BCUT2D eigenvalue weighted by atomic mass is 16.3. The number of aromatic nitrogens is 2. The molecule has 2 aromatic heterocycles. The van der Waals surface area contributed by atoms with Crippen LogP contribution in [0.1, 0.15) is 17.4 Å². The summed E-state index contributed by atoms with van der Waals surface area (Å²) in [5.41, 5.74) is 1.08. The fourth-order valence-electron chi connectivity index (χ4n) is 1.39. The van der Waals surface area contributed by atoms with E-state index in [2.05, 4.69) is 10.3 Å². The molecule has 16 heavy (non-hydrogen) atoms. The van der Waals surface area contributed by atoms with Crippen molar-refractivity contribution in [3.8, 4) is 0 Å². The molecule has 0 fully saturated rings. The van der Waals surface area contributed by atoms with Crippen molar-refractivity contribution in [3.63, 3.8) is 0 Å². The van der Waals surface area contributed by atoms with Crippen LogP contribution in [0.25, 0.3) is 5.65 Å². The van der Waals surface area contributed by atoms with Gasteiger partial charge < -0.3 is 14.8 Å². The number of imidazole rings is 1. The second-order valence-corrected chi connectivity index (χ2v) is 3.65. The number of aliphatic hydroxyl groups excluding tert-OH is 1. The summed E-state index contributed by atoms with van der Waals surface area (Å²) in [6, 6.07) is 5.29. The van der Waals surface area contributed by atoms with Crippen LogP contribution >= 0.6 is 0 Å². The average molecular weight is 219 g/mol. The van der Waals surface area contributed by atoms with E-state index >= 15 is 0 Å². The van der Waals surface area contributed by atoms with Crippen molar-refractivity contribution in [2.45, 2.75) is 13.0 Å². The fraction of sp³-hybridized carbons (Fsp3) is 0.273. The lowest BCUT2D eigenvalue weighted by Crippen LogP contribution is -2.35. The molecule has 5 heteroatoms. The lowest BCUT2D eigenvalue weighted by atomic mass is 10.3. The number of nitrogens with one attached hydrogen (secondary N) is 1. The number of carbonyl (C=O) groups is 1. The molecule has 1 atom stereocenters. The molecule has 0 saturated carbocycles. The van der Waals surface area contributed by atoms with Gasteiger partial charge in [-0.3, -0.25) is 4.79 Å². The first-order valence-electron chi connectivity index (χ1n) is 5.06. The predicted molar refractivity (Wildman–Crippen MR) is 59.2 cm³/mol. The number of amides is 1. The number of fused-ring (bicyclic) bond motifs is 1. The molecule has 0 radical (unpaired) electrons. The van der Waals surface area contributed by atoms with Gasteiger partial charge in [-0.05, 0) is 19.1 Å². The minimum Gasteiger partial charge on any atom is -0.394 e. The Morgan fingerprint density at radius 2 is 2.44 bits per heavy atom. The summed E-state index contributed by atoms with van der Waals surface area (Å²) in [5, 5.41) is 11.5. The van der Waals surface area contributed by atoms with Gasteiger partial charge in [-0.25, -0.2) is 4.98 Å². The second-order valence-electron chi connectivity index (χ2n) is 3.65. The van der Waals surface area contributed by atoms with Gasteiger partial charge in [0.25, 0.3) is 5.91 Å². The van der Waals surface area contributed by atoms with Gasteiger partial charge in [0, 0.05) is 18.4 Å². The monoisotopic (exact) mass is 219 g/mol. The van der Waals surface area contributed by atoms with E-state index < -0.39 is 0 Å². The van der Waals surface area contributed by atoms with Crippen molar-refractivity contribution in [3.05, 3.63) is 36.3 Å². The highest BCUT2D eigenvalue weighted by Gasteiger charge is 2.12. The van der Waals surface area contributed by atoms with Gasteiger partial charge in [0.15, 0.2) is 0 Å². The first-order chi connectivity index (χ1) is 7.70. The fourth-order valence-corrected chi connectivity index (χ4v) is 1.39. The summed E-state index contributed by atoms with van der Waals surface area (Å²) in [6.45, 7) is 1.65. The molecular weight excluding hydrogens is 206 g/mol. The summed E-state index contributed by atoms with van der Waals surface area (Å²) < 4.78 is 1.78. The molecule has 2 rings (SSSR count). The van der Waals surface area contributed by atoms with E-state index in [1.54, 1.807) is 17.5 Å². The zero-order chi connectivity index (χ0) is 11.5. The van der Waals surface area contributed by atoms with E-state index in [9.17, 15) is 4.79 Å². The number of hydrogen-bond donors (Lipinski definition) is 2. The Kier molecular flexibility index (Phi) is 2.87. The van der Waals surface area contributed by atoms with Crippen molar-refractivity contribution < 1.29 is 9.90 Å². The molecule has 0 aliphatic carbocycles. The van der Waals surface area contributed by atoms with Crippen LogP contribution in [0.2, 0.25) is 0 Å². The quantitative estimate of drug-likeness (QED) is 0.787. The Balaban J connectivity index is 2.23. The Morgan fingerprint density at radius 3 is 3.12 bits per heavy atom. The summed E-state index contributed by atoms with van der Waals surface area (Å²) in [7, 11) is 0. The number of rotatable bonds is 3. The maximum Gasteiger partial charge on any atom is 0.271 e. The molecule has 0 spiro atoms. The van der Waals surface area contributed by atoms with E-state index in [0.717, 1.165) is 5.65 Å². The number of pyridine rings is 1. The van der Waals surface area contributed by atoms with Crippen LogP contribution in [0, 0.1) is 0 Å². The highest BCUT2D eigenvalue weighted by Crippen LogP contribution is 2.04. The minimum absolute atomic E-state index is 0.0842. The highest BCUT2D eigenvalue weighted by molar-refractivity contribution is 5.93. The van der Waals surface area contributed by atoms with Crippen molar-refractivity contribution in [2.24, 2.45) is 0 Å². The Bertz CT molecular complexity index is 474. The largest absolute Gasteiger partial charge is 0.394 e. The number of nitrogens with zero attached hydrogens (tertiary/aromatic N) is 2. The molecule has 0 unspecified atom stereocenters. The van der Waals surface area contributed by atoms with Gasteiger partial charge in [0.2, 0.25) is 0 Å². The standard InChI is InChI=1S/C11H13N3O2/c1-8(7-15)12-11(16)9-6-14-5-3-2-4-10(14)13-9/h2-6,8,15H,7H2,1H3,(H,12,16)/t8-/m0/s1. The third-order valence-corrected chi connectivity index (χ3v) is 2.25. The van der Waals surface area contributed by atoms with Crippen LogP contribution in [0.15, 0.2) is 30.6 Å². The molecule has 1 amide bonds. The molecule has 2 aromatic rings. The number of carbonyl (C=O) groups excluding carboxylic acids is 1. The predicted octanol–water partition coefficient (Wildman–Crippen LogP) is 0.445. The molecule has 0 aliphatic heterocycles. The van der Waals surface area contributed by atoms with Gasteiger partial charge in [-0.15, -0.1) is 0 Å². The number of hydrogen-bond acceptors (Lipinski definition) is 3. The van der Waals surface area contributed by atoms with E-state index in [4.69, 9.17) is 5.11 Å². The van der Waals surface area contributed by atoms with Crippen molar-refractivity contribution in [1.29, 1.82) is 0 Å². The normalized spacial score (nSPS) is 12.6. The van der Waals surface area contributed by atoms with Gasteiger partial charge in [0.05, 0.1) is 6.61 Å². The van der Waals surface area contributed by atoms with Crippen LogP contribution in [-0.4, -0.2) is 33.0 Å². The molecule has 84 valence electrons. The molecule has 2 heterocycles. The van der Waals surface area contributed by atoms with Gasteiger partial charge >= 0.3 is 0 Å². The molecule has 0 aromatic carbocycles. The van der Waals surface area contributed by atoms with E-state index in [-0.39, 0.29) is 18.6 Å². The smallest absolute Gasteiger partial charge is 0.271 e. The topological polar surface area (TPSA) is 66.6 Å². The summed E-state index contributed by atoms with van der Waals surface area (Å²) in [6.07, 6.45) is 3.49. The van der Waals surface area contributed by atoms with Crippen LogP contribution in [0.3, 0.4) is 0 Å². The maximum absolute atomic E-state index is 11.7. The van der Waals surface area contributed by atoms with E-state index in [1.807, 2.05) is 24.4 Å². The summed E-state index contributed by atoms with van der Waals surface area (Å²) in [4.78, 5) is 15.9. The van der Waals surface area contributed by atoms with Crippen LogP contribution in [0.4, 0.5) is 0 Å². The molecule has 2 N–H and O–H groups in total. The molecule has 0 aliphatic rings. The van der Waals surface area contributed by atoms with Gasteiger partial charge in [-0.1, -0.05) is 6.07 Å². The van der Waals surface area contributed by atoms with Gasteiger partial charge in [0.1, 0.15) is 11.3 Å². The maximum atomic E-state index is 11.7. The Hall–Kier alpha value is -1.88. The van der Waals surface area contributed by atoms with E-state index in [0.29, 0.717) is 5.69 Å². The molecule has 5 nitrogen and oxygen atoms in total. The lowest BCUT2D eigenvalue weighted by molar-refractivity contribution is 0.0918. The first-order valence-corrected chi connectivity index (χ1v) is 5.06. The Morgan fingerprint density at radius 1 is 1.62 bits per heavy atom. The first kappa shape index (κ1) is 10.6. The third-order valence-electron chi connectivity index (χ3n) is 2.25. The minimum atomic E-state index is -0.273. The SMILES string of the molecule is C[C@@H](CO)NC(=O)c1cn2ccccc2n1. The molecule has 0 bridgehead atoms. The molecular formula is C11H13N3O2. The van der Waals surface area contributed by atoms with E-state index in [1.165, 1.54) is 0 Å². The zero-order valence-electron chi connectivity index (χ0n) is 8.92. The van der Waals surface area contributed by atoms with Crippen LogP contribution in [0.5, 0.6) is 0 Å². The Labute approximate surface area is 92.7 Å². The summed E-state index contributed by atoms with van der Waals surface area (Å²) >= 11 is 0. The van der Waals surface area contributed by atoms with Gasteiger partial charge in [-0.2, -0.15) is 0 Å². The number of aliphatic hydroxyl groups is 1. The van der Waals surface area contributed by atoms with Crippen molar-refractivity contribution in [1.82, 2.24) is 14.7 Å². The molecule has 0 saturated heterocycles. The second kappa shape index (κ2) is 4.32. The lowest BCUT2D eigenvalue weighted by Gasteiger charge is -2.08. The zero-order valence-corrected chi connectivity index (χ0v) is 8.92. The van der Waals surface area contributed by atoms with Crippen molar-refractivity contribution >= 4 is 11.6 Å². The third kappa shape index (κ3) is 2.04. The van der Waals surface area contributed by atoms with Crippen LogP contribution < -0.4 is 5.32 Å². The average Bonchev–Trinajstić information content (AvgIpc) is 2.72.